The van der Waals surface area contributed by atoms with Crippen molar-refractivity contribution in [2.24, 2.45) is 5.41 Å². The van der Waals surface area contributed by atoms with Crippen molar-refractivity contribution in [2.75, 3.05) is 59.9 Å². The topological polar surface area (TPSA) is 55.9 Å². The van der Waals surface area contributed by atoms with Crippen LogP contribution in [0.5, 0.6) is 0 Å². The Labute approximate surface area is 128 Å². The van der Waals surface area contributed by atoms with E-state index in [9.17, 15) is 9.59 Å². The molecule has 0 spiro atoms. The van der Waals surface area contributed by atoms with Gasteiger partial charge in [-0.15, -0.1) is 0 Å². The highest BCUT2D eigenvalue weighted by molar-refractivity contribution is 6.04. The molecule has 1 N–H and O–H groups in total. The van der Waals surface area contributed by atoms with Gasteiger partial charge >= 0.3 is 0 Å². The van der Waals surface area contributed by atoms with Crippen LogP contribution in [0, 0.1) is 5.41 Å². The highest BCUT2D eigenvalue weighted by Gasteiger charge is 2.39. The Balaban J connectivity index is 2.52. The first kappa shape index (κ1) is 17.9. The van der Waals surface area contributed by atoms with Gasteiger partial charge < -0.3 is 20.0 Å². The molecule has 2 amide bonds. The van der Waals surface area contributed by atoms with Crippen molar-refractivity contribution in [3.63, 3.8) is 0 Å². The lowest BCUT2D eigenvalue weighted by Crippen LogP contribution is -2.55. The van der Waals surface area contributed by atoms with Crippen LogP contribution in [0.1, 0.15) is 20.8 Å². The van der Waals surface area contributed by atoms with Gasteiger partial charge in [-0.25, -0.2) is 0 Å². The monoisotopic (exact) mass is 298 g/mol. The van der Waals surface area contributed by atoms with E-state index in [1.165, 1.54) is 0 Å². The largest absolute Gasteiger partial charge is 0.354 e. The van der Waals surface area contributed by atoms with Crippen molar-refractivity contribution in [3.8, 4) is 0 Å². The highest BCUT2D eigenvalue weighted by atomic mass is 16.2. The molecule has 6 heteroatoms. The summed E-state index contributed by atoms with van der Waals surface area (Å²) >= 11 is 0. The van der Waals surface area contributed by atoms with Crippen LogP contribution in [-0.4, -0.2) is 86.4 Å². The molecule has 0 aromatic carbocycles. The second-order valence-corrected chi connectivity index (χ2v) is 6.41. The molecule has 1 aliphatic heterocycles. The summed E-state index contributed by atoms with van der Waals surface area (Å²) in [5.41, 5.74) is -0.999. The zero-order valence-electron chi connectivity index (χ0n) is 14.1. The number of hydrogen-bond acceptors (Lipinski definition) is 4. The Hall–Kier alpha value is -1.14. The first-order valence-electron chi connectivity index (χ1n) is 7.73. The van der Waals surface area contributed by atoms with E-state index in [0.717, 1.165) is 26.2 Å². The number of hydrogen-bond donors (Lipinski definition) is 1. The Morgan fingerprint density at radius 1 is 1.14 bits per heavy atom. The summed E-state index contributed by atoms with van der Waals surface area (Å²) in [4.78, 5) is 31.0. The van der Waals surface area contributed by atoms with Crippen LogP contribution < -0.4 is 5.32 Å². The number of piperazine rings is 1. The minimum absolute atomic E-state index is 0.0689. The summed E-state index contributed by atoms with van der Waals surface area (Å²) < 4.78 is 0. The van der Waals surface area contributed by atoms with Crippen LogP contribution in [0.15, 0.2) is 0 Å². The molecule has 1 aliphatic rings. The molecule has 1 saturated heterocycles. The normalized spacial score (nSPS) is 17.1. The van der Waals surface area contributed by atoms with Crippen molar-refractivity contribution in [2.45, 2.75) is 20.8 Å². The zero-order chi connectivity index (χ0) is 16.0. The van der Waals surface area contributed by atoms with E-state index in [0.29, 0.717) is 19.6 Å². The lowest BCUT2D eigenvalue weighted by Gasteiger charge is -2.37. The lowest BCUT2D eigenvalue weighted by atomic mass is 9.90. The van der Waals surface area contributed by atoms with Gasteiger partial charge in [0.05, 0.1) is 0 Å². The summed E-state index contributed by atoms with van der Waals surface area (Å²) in [5, 5.41) is 2.86. The van der Waals surface area contributed by atoms with E-state index in [4.69, 9.17) is 0 Å². The molecular weight excluding hydrogens is 268 g/mol. The van der Waals surface area contributed by atoms with E-state index < -0.39 is 5.41 Å². The second-order valence-electron chi connectivity index (χ2n) is 6.41. The van der Waals surface area contributed by atoms with Crippen LogP contribution in [0.4, 0.5) is 0 Å². The van der Waals surface area contributed by atoms with Gasteiger partial charge in [0.15, 0.2) is 0 Å². The fraction of sp³-hybridized carbons (Fsp3) is 0.867. The summed E-state index contributed by atoms with van der Waals surface area (Å²) in [5.74, 6) is -0.257. The molecule has 0 aliphatic carbocycles. The molecule has 0 bridgehead atoms. The molecule has 0 radical (unpaired) electrons. The van der Waals surface area contributed by atoms with Crippen LogP contribution in [0.3, 0.4) is 0 Å². The number of nitrogens with zero attached hydrogens (tertiary/aromatic N) is 3. The maximum Gasteiger partial charge on any atom is 0.237 e. The molecule has 0 aromatic rings. The molecule has 1 heterocycles. The molecule has 0 saturated carbocycles. The van der Waals surface area contributed by atoms with Crippen LogP contribution in [0.25, 0.3) is 0 Å². The van der Waals surface area contributed by atoms with Gasteiger partial charge in [0.2, 0.25) is 11.8 Å². The predicted molar refractivity (Wildman–Crippen MR) is 84.0 cm³/mol. The van der Waals surface area contributed by atoms with E-state index in [2.05, 4.69) is 17.1 Å². The fourth-order valence-electron chi connectivity index (χ4n) is 2.37. The van der Waals surface area contributed by atoms with Crippen molar-refractivity contribution < 1.29 is 9.59 Å². The standard InChI is InChI=1S/C15H30N4O2/c1-6-18-9-11-19(12-10-18)14(21)15(2,3)13(20)16-7-8-17(4)5/h6-12H2,1-5H3,(H,16,20). The van der Waals surface area contributed by atoms with Crippen LogP contribution in [0.2, 0.25) is 0 Å². The maximum atomic E-state index is 12.6. The van der Waals surface area contributed by atoms with E-state index in [-0.39, 0.29) is 11.8 Å². The molecule has 0 atom stereocenters. The van der Waals surface area contributed by atoms with Gasteiger partial charge in [0.25, 0.3) is 0 Å². The van der Waals surface area contributed by atoms with Crippen molar-refractivity contribution in [1.82, 2.24) is 20.0 Å². The minimum Gasteiger partial charge on any atom is -0.354 e. The average molecular weight is 298 g/mol. The van der Waals surface area contributed by atoms with Crippen molar-refractivity contribution in [1.29, 1.82) is 0 Å². The van der Waals surface area contributed by atoms with E-state index in [1.807, 2.05) is 23.9 Å². The van der Waals surface area contributed by atoms with Gasteiger partial charge in [-0.2, -0.15) is 0 Å². The third-order valence-electron chi connectivity index (χ3n) is 4.05. The number of carbonyl (C=O) groups is 2. The summed E-state index contributed by atoms with van der Waals surface area (Å²) in [6.45, 7) is 11.1. The number of rotatable bonds is 6. The summed E-state index contributed by atoms with van der Waals surface area (Å²) in [6, 6.07) is 0. The third kappa shape index (κ3) is 4.97. The SMILES string of the molecule is CCN1CCN(C(=O)C(C)(C)C(=O)NCCN(C)C)CC1. The van der Waals surface area contributed by atoms with E-state index in [1.54, 1.807) is 13.8 Å². The van der Waals surface area contributed by atoms with Gasteiger partial charge in [-0.05, 0) is 34.5 Å². The van der Waals surface area contributed by atoms with E-state index >= 15 is 0 Å². The molecule has 21 heavy (non-hydrogen) atoms. The van der Waals surface area contributed by atoms with Gasteiger partial charge in [0, 0.05) is 39.3 Å². The average Bonchev–Trinajstić information content (AvgIpc) is 2.46. The maximum absolute atomic E-state index is 12.6. The molecule has 0 unspecified atom stereocenters. The Morgan fingerprint density at radius 2 is 1.71 bits per heavy atom. The second kappa shape index (κ2) is 7.75. The Bertz CT molecular complexity index is 361. The number of likely N-dealkylation sites (N-methyl/N-ethyl adjacent to an activating group) is 2. The first-order chi connectivity index (χ1) is 9.78. The molecule has 1 fully saturated rings. The quantitative estimate of drug-likeness (QED) is 0.693. The predicted octanol–water partition coefficient (Wildman–Crippen LogP) is -0.145. The zero-order valence-corrected chi connectivity index (χ0v) is 14.1. The van der Waals surface area contributed by atoms with Crippen molar-refractivity contribution in [3.05, 3.63) is 0 Å². The van der Waals surface area contributed by atoms with Gasteiger partial charge in [0.1, 0.15) is 5.41 Å². The first-order valence-corrected chi connectivity index (χ1v) is 7.73. The lowest BCUT2D eigenvalue weighted by molar-refractivity contribution is -0.149. The molecule has 0 aromatic heterocycles. The van der Waals surface area contributed by atoms with Gasteiger partial charge in [-0.3, -0.25) is 9.59 Å². The summed E-state index contributed by atoms with van der Waals surface area (Å²) in [7, 11) is 3.91. The Kier molecular flexibility index (Phi) is 6.61. The number of carbonyl (C=O) groups excluding carboxylic acids is 2. The minimum atomic E-state index is -0.999. The van der Waals surface area contributed by atoms with Gasteiger partial charge in [-0.1, -0.05) is 6.92 Å². The number of amides is 2. The smallest absolute Gasteiger partial charge is 0.237 e. The highest BCUT2D eigenvalue weighted by Crippen LogP contribution is 2.20. The third-order valence-corrected chi connectivity index (χ3v) is 4.05. The molecule has 6 nitrogen and oxygen atoms in total. The fourth-order valence-corrected chi connectivity index (χ4v) is 2.37. The Morgan fingerprint density at radius 3 is 2.19 bits per heavy atom. The summed E-state index contributed by atoms with van der Waals surface area (Å²) in [6.07, 6.45) is 0. The number of nitrogens with one attached hydrogen (secondary N) is 1. The molecule has 1 rings (SSSR count). The van der Waals surface area contributed by atoms with Crippen LogP contribution in [-0.2, 0) is 9.59 Å². The molecule has 122 valence electrons. The van der Waals surface area contributed by atoms with Crippen molar-refractivity contribution >= 4 is 11.8 Å². The van der Waals surface area contributed by atoms with Crippen LogP contribution >= 0.6 is 0 Å². The molecular formula is C15H30N4O2.